The van der Waals surface area contributed by atoms with E-state index in [-0.39, 0.29) is 5.92 Å². The Morgan fingerprint density at radius 2 is 1.43 bits per heavy atom. The first-order valence-electron chi connectivity index (χ1n) is 7.73. The number of hydrogen-bond donors (Lipinski definition) is 2. The van der Waals surface area contributed by atoms with Crippen LogP contribution in [0.2, 0.25) is 0 Å². The molecule has 0 heterocycles. The van der Waals surface area contributed by atoms with Crippen LogP contribution in [0.5, 0.6) is 0 Å². The molecule has 2 aromatic rings. The molecule has 112 valence electrons. The molecule has 0 aliphatic carbocycles. The number of aliphatic hydroxyl groups is 1. The second-order valence-corrected chi connectivity index (χ2v) is 5.60. The highest BCUT2D eigenvalue weighted by molar-refractivity contribution is 5.36. The third kappa shape index (κ3) is 3.52. The second-order valence-electron chi connectivity index (χ2n) is 5.60. The molecule has 21 heavy (non-hydrogen) atoms. The average Bonchev–Trinajstić information content (AvgIpc) is 2.56. The minimum absolute atomic E-state index is 0.0776. The molecule has 1 unspecified atom stereocenters. The second kappa shape index (κ2) is 7.39. The molecule has 1 atom stereocenters. The van der Waals surface area contributed by atoms with Crippen LogP contribution in [0.15, 0.2) is 60.7 Å². The lowest BCUT2D eigenvalue weighted by Crippen LogP contribution is -2.40. The number of benzene rings is 2. The molecule has 0 radical (unpaired) electrons. The summed E-state index contributed by atoms with van der Waals surface area (Å²) in [4.78, 5) is 0. The predicted octanol–water partition coefficient (Wildman–Crippen LogP) is 3.56. The van der Waals surface area contributed by atoms with E-state index in [4.69, 9.17) is 0 Å². The lowest BCUT2D eigenvalue weighted by Gasteiger charge is -2.35. The summed E-state index contributed by atoms with van der Waals surface area (Å²) in [6, 6.07) is 19.9. The van der Waals surface area contributed by atoms with E-state index in [0.29, 0.717) is 0 Å². The normalized spacial score (nSPS) is 13.1. The van der Waals surface area contributed by atoms with Gasteiger partial charge in [0.15, 0.2) is 0 Å². The smallest absolute Gasteiger partial charge is 0.118 e. The molecular weight excluding hydrogens is 258 g/mol. The van der Waals surface area contributed by atoms with Crippen molar-refractivity contribution in [3.05, 3.63) is 71.8 Å². The fraction of sp³-hybridized carbons (Fsp3) is 0.368. The van der Waals surface area contributed by atoms with Gasteiger partial charge in [0.05, 0.1) is 0 Å². The lowest BCUT2D eigenvalue weighted by molar-refractivity contribution is 0.0242. The van der Waals surface area contributed by atoms with Gasteiger partial charge in [-0.3, -0.25) is 0 Å². The Labute approximate surface area is 127 Å². The van der Waals surface area contributed by atoms with E-state index >= 15 is 0 Å². The fourth-order valence-corrected chi connectivity index (χ4v) is 2.76. The van der Waals surface area contributed by atoms with E-state index in [1.54, 1.807) is 0 Å². The number of rotatable bonds is 7. The molecule has 0 saturated carbocycles. The predicted molar refractivity (Wildman–Crippen MR) is 88.2 cm³/mol. The zero-order valence-electron chi connectivity index (χ0n) is 12.9. The van der Waals surface area contributed by atoms with Gasteiger partial charge in [-0.15, -0.1) is 0 Å². The van der Waals surface area contributed by atoms with Crippen LogP contribution in [0.1, 0.15) is 31.4 Å². The van der Waals surface area contributed by atoms with Gasteiger partial charge >= 0.3 is 0 Å². The summed E-state index contributed by atoms with van der Waals surface area (Å²) < 4.78 is 0. The zero-order chi connectivity index (χ0) is 15.1. The van der Waals surface area contributed by atoms with Crippen LogP contribution in [0.25, 0.3) is 0 Å². The molecule has 0 saturated heterocycles. The quantitative estimate of drug-likeness (QED) is 0.762. The van der Waals surface area contributed by atoms with Gasteiger partial charge in [-0.25, -0.2) is 0 Å². The molecule has 0 aromatic heterocycles. The molecule has 0 bridgehead atoms. The summed E-state index contributed by atoms with van der Waals surface area (Å²) in [6.45, 7) is 6.01. The largest absolute Gasteiger partial charge is 0.380 e. The van der Waals surface area contributed by atoms with Gasteiger partial charge in [-0.1, -0.05) is 74.5 Å². The Kier molecular flexibility index (Phi) is 5.54. The van der Waals surface area contributed by atoms with E-state index in [9.17, 15) is 5.11 Å². The summed E-state index contributed by atoms with van der Waals surface area (Å²) in [7, 11) is 0. The maximum atomic E-state index is 11.5. The first kappa shape index (κ1) is 15.7. The Bertz CT molecular complexity index is 484. The molecule has 2 rings (SSSR count). The van der Waals surface area contributed by atoms with Gasteiger partial charge in [0.2, 0.25) is 0 Å². The summed E-state index contributed by atoms with van der Waals surface area (Å²) in [5.41, 5.74) is 0.924. The van der Waals surface area contributed by atoms with Gasteiger partial charge in [0, 0.05) is 12.5 Å². The van der Waals surface area contributed by atoms with Crippen molar-refractivity contribution in [1.82, 2.24) is 5.32 Å². The maximum absolute atomic E-state index is 11.5. The Morgan fingerprint density at radius 3 is 1.86 bits per heavy atom. The third-order valence-electron chi connectivity index (χ3n) is 4.02. The molecule has 0 fully saturated rings. The summed E-state index contributed by atoms with van der Waals surface area (Å²) >= 11 is 0. The third-order valence-corrected chi connectivity index (χ3v) is 4.02. The van der Waals surface area contributed by atoms with Crippen LogP contribution in [-0.2, 0) is 5.60 Å². The molecule has 2 aromatic carbocycles. The van der Waals surface area contributed by atoms with Gasteiger partial charge in [0.1, 0.15) is 5.60 Å². The molecule has 2 N–H and O–H groups in total. The maximum Gasteiger partial charge on any atom is 0.118 e. The minimum Gasteiger partial charge on any atom is -0.380 e. The number of nitrogens with one attached hydrogen (secondary N) is 1. The van der Waals surface area contributed by atoms with Crippen molar-refractivity contribution in [2.45, 2.75) is 25.9 Å². The van der Waals surface area contributed by atoms with Crippen LogP contribution >= 0.6 is 0 Å². The van der Waals surface area contributed by atoms with Crippen molar-refractivity contribution >= 4 is 0 Å². The molecule has 2 heteroatoms. The van der Waals surface area contributed by atoms with Crippen LogP contribution in [0.3, 0.4) is 0 Å². The molecule has 0 amide bonds. The lowest BCUT2D eigenvalue weighted by atomic mass is 9.77. The molecular formula is C19H25NO. The standard InChI is InChI=1S/C19H25NO/c1-3-14-20-15-16(2)19(21,17-10-6-4-7-11-17)18-12-8-5-9-13-18/h4-13,16,20-21H,3,14-15H2,1-2H3. The molecule has 2 nitrogen and oxygen atoms in total. The Balaban J connectivity index is 2.35. The Hall–Kier alpha value is -1.64. The van der Waals surface area contributed by atoms with Crippen LogP contribution < -0.4 is 5.32 Å². The highest BCUT2D eigenvalue weighted by Gasteiger charge is 2.37. The van der Waals surface area contributed by atoms with Crippen molar-refractivity contribution in [3.63, 3.8) is 0 Å². The van der Waals surface area contributed by atoms with Gasteiger partial charge in [0.25, 0.3) is 0 Å². The van der Waals surface area contributed by atoms with E-state index < -0.39 is 5.60 Å². The van der Waals surface area contributed by atoms with E-state index in [1.807, 2.05) is 60.7 Å². The fourth-order valence-electron chi connectivity index (χ4n) is 2.76. The van der Waals surface area contributed by atoms with Crippen LogP contribution in [0.4, 0.5) is 0 Å². The van der Waals surface area contributed by atoms with Crippen LogP contribution in [0, 0.1) is 5.92 Å². The molecule has 0 spiro atoms. The van der Waals surface area contributed by atoms with Crippen molar-refractivity contribution in [3.8, 4) is 0 Å². The molecule has 0 aliphatic rings. The number of hydrogen-bond acceptors (Lipinski definition) is 2. The SMILES string of the molecule is CCCNCC(C)C(O)(c1ccccc1)c1ccccc1. The van der Waals surface area contributed by atoms with Crippen molar-refractivity contribution in [2.24, 2.45) is 5.92 Å². The average molecular weight is 283 g/mol. The van der Waals surface area contributed by atoms with E-state index in [1.165, 1.54) is 0 Å². The van der Waals surface area contributed by atoms with Crippen molar-refractivity contribution in [1.29, 1.82) is 0 Å². The first-order chi connectivity index (χ1) is 10.2. The molecule has 0 aliphatic heterocycles. The first-order valence-corrected chi connectivity index (χ1v) is 7.73. The highest BCUT2D eigenvalue weighted by atomic mass is 16.3. The van der Waals surface area contributed by atoms with Gasteiger partial charge in [-0.05, 0) is 24.1 Å². The monoisotopic (exact) mass is 283 g/mol. The van der Waals surface area contributed by atoms with Gasteiger partial charge in [-0.2, -0.15) is 0 Å². The van der Waals surface area contributed by atoms with E-state index in [0.717, 1.165) is 30.6 Å². The topological polar surface area (TPSA) is 32.3 Å². The zero-order valence-corrected chi connectivity index (χ0v) is 12.9. The van der Waals surface area contributed by atoms with Crippen LogP contribution in [-0.4, -0.2) is 18.2 Å². The summed E-state index contributed by atoms with van der Waals surface area (Å²) in [6.07, 6.45) is 1.10. The summed E-state index contributed by atoms with van der Waals surface area (Å²) in [5.74, 6) is 0.0776. The van der Waals surface area contributed by atoms with Gasteiger partial charge < -0.3 is 10.4 Å². The van der Waals surface area contributed by atoms with Crippen molar-refractivity contribution < 1.29 is 5.11 Å². The summed E-state index contributed by atoms with van der Waals surface area (Å²) in [5, 5.41) is 14.9. The minimum atomic E-state index is -0.969. The van der Waals surface area contributed by atoms with E-state index in [2.05, 4.69) is 19.2 Å². The Morgan fingerprint density at radius 1 is 0.952 bits per heavy atom. The van der Waals surface area contributed by atoms with Crippen molar-refractivity contribution in [2.75, 3.05) is 13.1 Å². The highest BCUT2D eigenvalue weighted by Crippen LogP contribution is 2.36.